The zero-order valence-corrected chi connectivity index (χ0v) is 19.6. The summed E-state index contributed by atoms with van der Waals surface area (Å²) in [4.78, 5) is 30.6. The Morgan fingerprint density at radius 1 is 1.00 bits per heavy atom. The molecule has 1 aromatic carbocycles. The van der Waals surface area contributed by atoms with Crippen molar-refractivity contribution in [3.63, 3.8) is 0 Å². The number of carbonyl (C=O) groups is 2. The fourth-order valence-electron chi connectivity index (χ4n) is 4.00. The fourth-order valence-corrected chi connectivity index (χ4v) is 4.00. The SMILES string of the molecule is CCC(=O)N1CCCN(C)CCCN(C(=O)Cn2cc(C(F)(F)F)cn2)Cc2cc(F)c(F)cc21. The number of rotatable bonds is 3. The third-order valence-electron chi connectivity index (χ3n) is 5.88. The van der Waals surface area contributed by atoms with Crippen LogP contribution in [0.4, 0.5) is 27.6 Å². The molecule has 7 nitrogen and oxygen atoms in total. The van der Waals surface area contributed by atoms with Gasteiger partial charge in [-0.05, 0) is 44.6 Å². The molecule has 0 atom stereocenters. The lowest BCUT2D eigenvalue weighted by Gasteiger charge is -2.31. The highest BCUT2D eigenvalue weighted by molar-refractivity contribution is 5.94. The van der Waals surface area contributed by atoms with E-state index in [1.165, 1.54) is 9.80 Å². The fraction of sp³-hybridized carbons (Fsp3) is 0.522. The Balaban J connectivity index is 1.95. The van der Waals surface area contributed by atoms with Crippen LogP contribution in [0.25, 0.3) is 0 Å². The zero-order valence-electron chi connectivity index (χ0n) is 19.6. The minimum Gasteiger partial charge on any atom is -0.337 e. The summed E-state index contributed by atoms with van der Waals surface area (Å²) in [5.74, 6) is -3.04. The summed E-state index contributed by atoms with van der Waals surface area (Å²) in [6.07, 6.45) is -1.88. The number of aromatic nitrogens is 2. The maximum Gasteiger partial charge on any atom is 0.419 e. The molecule has 0 saturated heterocycles. The average molecular weight is 502 g/mol. The molecule has 0 bridgehead atoms. The van der Waals surface area contributed by atoms with Crippen molar-refractivity contribution in [3.05, 3.63) is 47.3 Å². The molecule has 0 radical (unpaired) electrons. The molecule has 1 aliphatic rings. The molecule has 192 valence electrons. The monoisotopic (exact) mass is 501 g/mol. The average Bonchev–Trinajstić information content (AvgIpc) is 3.26. The Labute approximate surface area is 200 Å². The Bertz CT molecular complexity index is 1060. The summed E-state index contributed by atoms with van der Waals surface area (Å²) in [5, 5.41) is 3.63. The lowest BCUT2D eigenvalue weighted by atomic mass is 10.1. The van der Waals surface area contributed by atoms with Crippen LogP contribution in [0.1, 0.15) is 37.3 Å². The maximum absolute atomic E-state index is 14.2. The van der Waals surface area contributed by atoms with Gasteiger partial charge in [-0.2, -0.15) is 18.3 Å². The lowest BCUT2D eigenvalue weighted by Crippen LogP contribution is -2.39. The minimum absolute atomic E-state index is 0.143. The highest BCUT2D eigenvalue weighted by Crippen LogP contribution is 2.29. The highest BCUT2D eigenvalue weighted by Gasteiger charge is 2.32. The van der Waals surface area contributed by atoms with Gasteiger partial charge in [-0.1, -0.05) is 6.92 Å². The van der Waals surface area contributed by atoms with E-state index in [1.807, 2.05) is 11.9 Å². The number of halogens is 5. The van der Waals surface area contributed by atoms with Crippen molar-refractivity contribution in [3.8, 4) is 0 Å². The van der Waals surface area contributed by atoms with E-state index in [4.69, 9.17) is 0 Å². The first-order valence-corrected chi connectivity index (χ1v) is 11.3. The number of hydrogen-bond acceptors (Lipinski definition) is 4. The van der Waals surface area contributed by atoms with Crippen molar-refractivity contribution < 1.29 is 31.5 Å². The van der Waals surface area contributed by atoms with E-state index >= 15 is 0 Å². The van der Waals surface area contributed by atoms with Crippen LogP contribution >= 0.6 is 0 Å². The highest BCUT2D eigenvalue weighted by atomic mass is 19.4. The van der Waals surface area contributed by atoms with Gasteiger partial charge in [0.25, 0.3) is 0 Å². The van der Waals surface area contributed by atoms with Crippen molar-refractivity contribution in [1.29, 1.82) is 0 Å². The number of benzene rings is 1. The van der Waals surface area contributed by atoms with Gasteiger partial charge < -0.3 is 14.7 Å². The van der Waals surface area contributed by atoms with Crippen molar-refractivity contribution in [2.45, 2.75) is 45.5 Å². The van der Waals surface area contributed by atoms with Crippen molar-refractivity contribution >= 4 is 17.5 Å². The van der Waals surface area contributed by atoms with Crippen LogP contribution < -0.4 is 4.90 Å². The van der Waals surface area contributed by atoms with Gasteiger partial charge >= 0.3 is 6.18 Å². The van der Waals surface area contributed by atoms with Crippen molar-refractivity contribution in [2.75, 3.05) is 38.1 Å². The molecule has 0 fully saturated rings. The van der Waals surface area contributed by atoms with E-state index in [0.29, 0.717) is 32.1 Å². The van der Waals surface area contributed by atoms with Gasteiger partial charge in [0.1, 0.15) is 6.54 Å². The molecule has 2 amide bonds. The van der Waals surface area contributed by atoms with Gasteiger partial charge in [0, 0.05) is 38.3 Å². The topological polar surface area (TPSA) is 61.7 Å². The molecule has 2 aromatic rings. The number of fused-ring (bicyclic) bond motifs is 1. The van der Waals surface area contributed by atoms with Crippen LogP contribution in [0.15, 0.2) is 24.5 Å². The minimum atomic E-state index is -4.59. The first-order chi connectivity index (χ1) is 16.5. The van der Waals surface area contributed by atoms with Gasteiger partial charge in [0.2, 0.25) is 11.8 Å². The molecule has 1 aliphatic heterocycles. The molecule has 1 aromatic heterocycles. The van der Waals surface area contributed by atoms with Crippen LogP contribution in [0.3, 0.4) is 0 Å². The Hall–Kier alpha value is -3.02. The molecular weight excluding hydrogens is 473 g/mol. The van der Waals surface area contributed by atoms with Crippen LogP contribution in [0.2, 0.25) is 0 Å². The molecule has 0 N–H and O–H groups in total. The maximum atomic E-state index is 14.2. The molecule has 3 rings (SSSR count). The molecule has 0 spiro atoms. The first kappa shape index (κ1) is 26.6. The molecule has 2 heterocycles. The number of hydrogen-bond donors (Lipinski definition) is 0. The third kappa shape index (κ3) is 6.77. The largest absolute Gasteiger partial charge is 0.419 e. The van der Waals surface area contributed by atoms with Gasteiger partial charge in [-0.3, -0.25) is 14.3 Å². The summed E-state index contributed by atoms with van der Waals surface area (Å²) in [6.45, 7) is 2.87. The molecule has 35 heavy (non-hydrogen) atoms. The van der Waals surface area contributed by atoms with E-state index in [-0.39, 0.29) is 43.2 Å². The van der Waals surface area contributed by atoms with E-state index in [2.05, 4.69) is 5.10 Å². The second-order valence-corrected chi connectivity index (χ2v) is 8.54. The Morgan fingerprint density at radius 3 is 2.29 bits per heavy atom. The summed E-state index contributed by atoms with van der Waals surface area (Å²) in [5.41, 5.74) is -0.558. The molecular formula is C23H28F5N5O2. The first-order valence-electron chi connectivity index (χ1n) is 11.3. The third-order valence-corrected chi connectivity index (χ3v) is 5.88. The number of carbonyl (C=O) groups excluding carboxylic acids is 2. The normalized spacial score (nSPS) is 16.4. The molecule has 0 aliphatic carbocycles. The van der Waals surface area contributed by atoms with Gasteiger partial charge in [-0.15, -0.1) is 0 Å². The summed E-state index contributed by atoms with van der Waals surface area (Å²) >= 11 is 0. The van der Waals surface area contributed by atoms with Crippen LogP contribution in [0.5, 0.6) is 0 Å². The quantitative estimate of drug-likeness (QED) is 0.603. The number of amides is 2. The summed E-state index contributed by atoms with van der Waals surface area (Å²) in [6, 6.07) is 1.92. The van der Waals surface area contributed by atoms with Crippen LogP contribution in [-0.2, 0) is 28.9 Å². The van der Waals surface area contributed by atoms with Crippen LogP contribution in [0, 0.1) is 11.6 Å². The van der Waals surface area contributed by atoms with Crippen molar-refractivity contribution in [1.82, 2.24) is 19.6 Å². The van der Waals surface area contributed by atoms with Crippen molar-refractivity contribution in [2.24, 2.45) is 0 Å². The number of anilines is 1. The summed E-state index contributed by atoms with van der Waals surface area (Å²) in [7, 11) is 1.90. The molecule has 12 heteroatoms. The van der Waals surface area contributed by atoms with E-state index in [1.54, 1.807) is 6.92 Å². The van der Waals surface area contributed by atoms with Gasteiger partial charge in [0.15, 0.2) is 11.6 Å². The van der Waals surface area contributed by atoms with E-state index < -0.39 is 35.8 Å². The smallest absolute Gasteiger partial charge is 0.337 e. The summed E-state index contributed by atoms with van der Waals surface area (Å²) < 4.78 is 68.0. The number of nitrogens with zero attached hydrogens (tertiary/aromatic N) is 5. The predicted molar refractivity (Wildman–Crippen MR) is 118 cm³/mol. The Kier molecular flexibility index (Phi) is 8.47. The lowest BCUT2D eigenvalue weighted by molar-refractivity contribution is -0.138. The molecule has 0 unspecified atom stereocenters. The van der Waals surface area contributed by atoms with Gasteiger partial charge in [0.05, 0.1) is 17.4 Å². The predicted octanol–water partition coefficient (Wildman–Crippen LogP) is 3.68. The zero-order chi connectivity index (χ0) is 25.8. The van der Waals surface area contributed by atoms with Crippen LogP contribution in [-0.4, -0.2) is 64.6 Å². The number of alkyl halides is 3. The van der Waals surface area contributed by atoms with Gasteiger partial charge in [-0.25, -0.2) is 8.78 Å². The van der Waals surface area contributed by atoms with E-state index in [9.17, 15) is 31.5 Å². The standard InChI is InChI=1S/C23H28F5N5O2/c1-3-21(34)33-9-5-7-30(2)6-4-8-31(13-16-10-18(24)19(25)11-20(16)33)22(35)15-32-14-17(12-29-32)23(26,27)28/h10-12,14H,3-9,13,15H2,1-2H3. The second-order valence-electron chi connectivity index (χ2n) is 8.54. The van der Waals surface area contributed by atoms with E-state index in [0.717, 1.165) is 23.0 Å². The second kappa shape index (κ2) is 11.1. The molecule has 0 saturated carbocycles. The Morgan fingerprint density at radius 2 is 1.66 bits per heavy atom.